The lowest BCUT2D eigenvalue weighted by atomic mass is 10.1. The fourth-order valence-corrected chi connectivity index (χ4v) is 2.55. The molecule has 0 bridgehead atoms. The average molecular weight is 328 g/mol. The third-order valence-electron chi connectivity index (χ3n) is 3.90. The van der Waals surface area contributed by atoms with Crippen molar-refractivity contribution in [2.45, 2.75) is 19.9 Å². The van der Waals surface area contributed by atoms with Gasteiger partial charge in [0, 0.05) is 11.8 Å². The van der Waals surface area contributed by atoms with E-state index < -0.39 is 0 Å². The average Bonchev–Trinajstić information content (AvgIpc) is 3.02. The lowest BCUT2D eigenvalue weighted by Crippen LogP contribution is -2.26. The first kappa shape index (κ1) is 16.0. The van der Waals surface area contributed by atoms with Crippen LogP contribution >= 0.6 is 0 Å². The molecule has 0 saturated carbocycles. The molecule has 0 radical (unpaired) electrons. The van der Waals surface area contributed by atoms with E-state index in [1.54, 1.807) is 13.3 Å². The van der Waals surface area contributed by atoms with E-state index in [2.05, 4.69) is 15.3 Å². The molecule has 3 rings (SSSR count). The first-order valence-electron chi connectivity index (χ1n) is 7.77. The molecule has 1 saturated heterocycles. The Morgan fingerprint density at radius 3 is 2.96 bits per heavy atom. The van der Waals surface area contributed by atoms with Gasteiger partial charge in [0.15, 0.2) is 0 Å². The minimum absolute atomic E-state index is 0.0128. The number of rotatable bonds is 5. The summed E-state index contributed by atoms with van der Waals surface area (Å²) in [6.45, 7) is 4.77. The summed E-state index contributed by atoms with van der Waals surface area (Å²) >= 11 is 0. The quantitative estimate of drug-likeness (QED) is 0.909. The van der Waals surface area contributed by atoms with Crippen molar-refractivity contribution in [1.82, 2.24) is 9.97 Å². The van der Waals surface area contributed by atoms with Gasteiger partial charge in [0.2, 0.25) is 5.95 Å². The summed E-state index contributed by atoms with van der Waals surface area (Å²) in [5.41, 5.74) is 1.88. The van der Waals surface area contributed by atoms with Crippen LogP contribution in [-0.2, 0) is 4.74 Å². The minimum Gasteiger partial charge on any atom is -0.497 e. The Morgan fingerprint density at radius 1 is 1.42 bits per heavy atom. The maximum atomic E-state index is 11.8. The zero-order valence-corrected chi connectivity index (χ0v) is 13.9. The highest BCUT2D eigenvalue weighted by Gasteiger charge is 2.26. The van der Waals surface area contributed by atoms with Gasteiger partial charge in [-0.2, -0.15) is 4.98 Å². The predicted octanol–water partition coefficient (Wildman–Crippen LogP) is 2.92. The number of nitrogens with zero attached hydrogens (tertiary/aromatic N) is 3. The van der Waals surface area contributed by atoms with Gasteiger partial charge in [-0.05, 0) is 31.5 Å². The molecule has 1 fully saturated rings. The lowest BCUT2D eigenvalue weighted by molar-refractivity contribution is 0.181. The summed E-state index contributed by atoms with van der Waals surface area (Å²) in [5, 5.41) is 3.26. The van der Waals surface area contributed by atoms with Gasteiger partial charge in [0.1, 0.15) is 18.2 Å². The Labute approximate surface area is 140 Å². The predicted molar refractivity (Wildman–Crippen MR) is 90.5 cm³/mol. The van der Waals surface area contributed by atoms with Crippen LogP contribution < -0.4 is 15.0 Å². The van der Waals surface area contributed by atoms with Crippen molar-refractivity contribution < 1.29 is 14.3 Å². The Balaban J connectivity index is 1.81. The summed E-state index contributed by atoms with van der Waals surface area (Å²) in [6.07, 6.45) is 1.33. The van der Waals surface area contributed by atoms with Crippen molar-refractivity contribution in [3.05, 3.63) is 41.6 Å². The van der Waals surface area contributed by atoms with Gasteiger partial charge in [-0.3, -0.25) is 4.90 Å². The first-order valence-corrected chi connectivity index (χ1v) is 7.77. The second-order valence-electron chi connectivity index (χ2n) is 5.61. The van der Waals surface area contributed by atoms with Crippen LogP contribution in [0.25, 0.3) is 0 Å². The molecule has 24 heavy (non-hydrogen) atoms. The summed E-state index contributed by atoms with van der Waals surface area (Å²) in [7, 11) is 1.64. The van der Waals surface area contributed by atoms with Crippen molar-refractivity contribution in [1.29, 1.82) is 0 Å². The van der Waals surface area contributed by atoms with E-state index >= 15 is 0 Å². The maximum absolute atomic E-state index is 11.8. The van der Waals surface area contributed by atoms with Gasteiger partial charge in [0.25, 0.3) is 0 Å². The second-order valence-corrected chi connectivity index (χ2v) is 5.61. The smallest absolute Gasteiger partial charge is 0.415 e. The van der Waals surface area contributed by atoms with Gasteiger partial charge in [-0.15, -0.1) is 0 Å². The highest BCUT2D eigenvalue weighted by Crippen LogP contribution is 2.24. The molecule has 7 heteroatoms. The normalized spacial score (nSPS) is 15.1. The van der Waals surface area contributed by atoms with Gasteiger partial charge in [0.05, 0.1) is 19.7 Å². The molecule has 1 amide bonds. The number of benzene rings is 1. The summed E-state index contributed by atoms with van der Waals surface area (Å²) in [5.74, 6) is 1.84. The number of methoxy groups -OCH3 is 1. The van der Waals surface area contributed by atoms with Crippen LogP contribution in [0.5, 0.6) is 5.75 Å². The lowest BCUT2D eigenvalue weighted by Gasteiger charge is -2.18. The number of carbonyl (C=O) groups excluding carboxylic acids is 1. The van der Waals surface area contributed by atoms with Crippen molar-refractivity contribution in [2.24, 2.45) is 0 Å². The number of anilines is 2. The fraction of sp³-hybridized carbons (Fsp3) is 0.353. The Kier molecular flexibility index (Phi) is 4.50. The standard InChI is InChI=1S/C17H20N4O3/c1-11-10-18-16(20-15(11)21-7-8-24-17(21)22)19-12(2)13-5-4-6-14(9-13)23-3/h4-6,9-10,12H,7-8H2,1-3H3,(H,18,19,20)/t12-/m0/s1. The first-order chi connectivity index (χ1) is 11.6. The molecular weight excluding hydrogens is 308 g/mol. The number of ether oxygens (including phenoxy) is 2. The number of aryl methyl sites for hydroxylation is 1. The number of carbonyl (C=O) groups is 1. The molecule has 0 aliphatic carbocycles. The van der Waals surface area contributed by atoms with E-state index in [-0.39, 0.29) is 12.1 Å². The fourth-order valence-electron chi connectivity index (χ4n) is 2.55. The molecule has 7 nitrogen and oxygen atoms in total. The third-order valence-corrected chi connectivity index (χ3v) is 3.90. The Morgan fingerprint density at radius 2 is 2.25 bits per heavy atom. The van der Waals surface area contributed by atoms with Gasteiger partial charge < -0.3 is 14.8 Å². The zero-order chi connectivity index (χ0) is 17.1. The number of nitrogens with one attached hydrogen (secondary N) is 1. The molecule has 1 aliphatic heterocycles. The van der Waals surface area contributed by atoms with Crippen molar-refractivity contribution in [3.8, 4) is 5.75 Å². The highest BCUT2D eigenvalue weighted by atomic mass is 16.6. The SMILES string of the molecule is COc1cccc([C@H](C)Nc2ncc(C)c(N3CCOC3=O)n2)c1. The van der Waals surface area contributed by atoms with Gasteiger partial charge in [-0.25, -0.2) is 9.78 Å². The summed E-state index contributed by atoms with van der Waals surface area (Å²) in [6, 6.07) is 7.79. The van der Waals surface area contributed by atoms with Crippen molar-refractivity contribution in [3.63, 3.8) is 0 Å². The van der Waals surface area contributed by atoms with E-state index in [1.165, 1.54) is 4.90 Å². The van der Waals surface area contributed by atoms with Crippen LogP contribution in [0.3, 0.4) is 0 Å². The van der Waals surface area contributed by atoms with E-state index in [4.69, 9.17) is 9.47 Å². The maximum Gasteiger partial charge on any atom is 0.415 e. The van der Waals surface area contributed by atoms with E-state index in [0.717, 1.165) is 16.9 Å². The molecule has 2 heterocycles. The van der Waals surface area contributed by atoms with Crippen LogP contribution in [0.1, 0.15) is 24.1 Å². The number of cyclic esters (lactones) is 1. The number of hydrogen-bond acceptors (Lipinski definition) is 6. The van der Waals surface area contributed by atoms with Gasteiger partial charge in [-0.1, -0.05) is 12.1 Å². The molecule has 1 aromatic carbocycles. The van der Waals surface area contributed by atoms with Crippen LogP contribution in [0, 0.1) is 6.92 Å². The molecule has 1 atom stereocenters. The summed E-state index contributed by atoms with van der Waals surface area (Å²) in [4.78, 5) is 22.1. The number of amides is 1. The highest BCUT2D eigenvalue weighted by molar-refractivity contribution is 5.89. The van der Waals surface area contributed by atoms with Crippen LogP contribution in [0.15, 0.2) is 30.5 Å². The zero-order valence-electron chi connectivity index (χ0n) is 13.9. The largest absolute Gasteiger partial charge is 0.497 e. The number of hydrogen-bond donors (Lipinski definition) is 1. The van der Waals surface area contributed by atoms with Crippen LogP contribution in [-0.4, -0.2) is 36.3 Å². The molecular formula is C17H20N4O3. The Bertz CT molecular complexity index is 750. The van der Waals surface area contributed by atoms with E-state index in [0.29, 0.717) is 24.9 Å². The van der Waals surface area contributed by atoms with Crippen molar-refractivity contribution >= 4 is 17.9 Å². The molecule has 0 spiro atoms. The third kappa shape index (κ3) is 3.24. The van der Waals surface area contributed by atoms with Crippen LogP contribution in [0.4, 0.5) is 16.6 Å². The molecule has 2 aromatic rings. The monoisotopic (exact) mass is 328 g/mol. The number of aromatic nitrogens is 2. The van der Waals surface area contributed by atoms with E-state index in [1.807, 2.05) is 38.1 Å². The molecule has 0 unspecified atom stereocenters. The topological polar surface area (TPSA) is 76.6 Å². The molecule has 1 aliphatic rings. The molecule has 1 N–H and O–H groups in total. The minimum atomic E-state index is -0.372. The van der Waals surface area contributed by atoms with Gasteiger partial charge >= 0.3 is 6.09 Å². The summed E-state index contributed by atoms with van der Waals surface area (Å²) < 4.78 is 10.2. The Hall–Kier alpha value is -2.83. The molecule has 1 aromatic heterocycles. The van der Waals surface area contributed by atoms with Crippen molar-refractivity contribution in [2.75, 3.05) is 30.5 Å². The molecule has 126 valence electrons. The van der Waals surface area contributed by atoms with Crippen LogP contribution in [0.2, 0.25) is 0 Å². The second kappa shape index (κ2) is 6.74. The van der Waals surface area contributed by atoms with E-state index in [9.17, 15) is 4.79 Å².